The summed E-state index contributed by atoms with van der Waals surface area (Å²) in [5, 5.41) is 18.5. The number of nitrogens with zero attached hydrogens (tertiary/aromatic N) is 3. The highest BCUT2D eigenvalue weighted by molar-refractivity contribution is 5.22. The minimum Gasteiger partial charge on any atom is -0.370 e. The summed E-state index contributed by atoms with van der Waals surface area (Å²) in [5.41, 5.74) is 1.98. The third kappa shape index (κ3) is 2.43. The lowest BCUT2D eigenvalue weighted by molar-refractivity contribution is 0.104. The molecule has 5 heteroatoms. The van der Waals surface area contributed by atoms with Crippen molar-refractivity contribution in [1.82, 2.24) is 15.4 Å². The summed E-state index contributed by atoms with van der Waals surface area (Å²) in [6, 6.07) is 11.8. The zero-order valence-electron chi connectivity index (χ0n) is 8.55. The Labute approximate surface area is 92.7 Å². The number of hydrogen-bond donors (Lipinski definition) is 1. The molecule has 0 unspecified atom stereocenters. The number of ether oxygens (including phenoxy) is 1. The fraction of sp³-hybridized carbons (Fsp3) is 0.182. The number of aromatic amines is 1. The number of hydrogen-bond acceptors (Lipinski definition) is 4. The molecule has 0 aliphatic carbocycles. The third-order valence-corrected chi connectivity index (χ3v) is 2.08. The first-order valence-corrected chi connectivity index (χ1v) is 4.82. The Morgan fingerprint density at radius 1 is 1.25 bits per heavy atom. The average molecular weight is 214 g/mol. The molecule has 0 atom stereocenters. The molecule has 1 aromatic heterocycles. The molecule has 80 valence electrons. The summed E-state index contributed by atoms with van der Waals surface area (Å²) in [4.78, 5) is 0. The second-order valence-corrected chi connectivity index (χ2v) is 3.22. The van der Waals surface area contributed by atoms with Gasteiger partial charge in [0, 0.05) is 0 Å². The Hall–Kier alpha value is -2.19. The predicted molar refractivity (Wildman–Crippen MR) is 56.0 cm³/mol. The molecule has 0 fully saturated rings. The van der Waals surface area contributed by atoms with Crippen molar-refractivity contribution in [1.29, 1.82) is 5.26 Å². The first kappa shape index (κ1) is 10.3. The van der Waals surface area contributed by atoms with Gasteiger partial charge in [-0.05, 0) is 5.56 Å². The molecule has 1 heterocycles. The highest BCUT2D eigenvalue weighted by atomic mass is 16.5. The van der Waals surface area contributed by atoms with Crippen LogP contribution in [0, 0.1) is 11.3 Å². The fourth-order valence-electron chi connectivity index (χ4n) is 1.28. The van der Waals surface area contributed by atoms with Crippen LogP contribution >= 0.6 is 0 Å². The molecule has 2 aromatic rings. The van der Waals surface area contributed by atoms with E-state index in [1.165, 1.54) is 0 Å². The SMILES string of the molecule is N#Cc1[nH]nnc1COCc1ccccc1. The number of H-pyrrole nitrogens is 1. The van der Waals surface area contributed by atoms with Crippen molar-refractivity contribution < 1.29 is 4.74 Å². The van der Waals surface area contributed by atoms with Gasteiger partial charge in [-0.2, -0.15) is 5.26 Å². The first-order valence-electron chi connectivity index (χ1n) is 4.82. The van der Waals surface area contributed by atoms with Gasteiger partial charge in [0.1, 0.15) is 11.8 Å². The quantitative estimate of drug-likeness (QED) is 0.834. The van der Waals surface area contributed by atoms with Crippen LogP contribution in [0.1, 0.15) is 17.0 Å². The van der Waals surface area contributed by atoms with Crippen LogP contribution in [-0.4, -0.2) is 15.4 Å². The zero-order chi connectivity index (χ0) is 11.2. The second kappa shape index (κ2) is 5.05. The molecule has 0 spiro atoms. The molecule has 2 rings (SSSR count). The van der Waals surface area contributed by atoms with E-state index in [-0.39, 0.29) is 6.61 Å². The number of benzene rings is 1. The van der Waals surface area contributed by atoms with E-state index in [0.29, 0.717) is 18.0 Å². The van der Waals surface area contributed by atoms with Crippen molar-refractivity contribution in [3.63, 3.8) is 0 Å². The summed E-state index contributed by atoms with van der Waals surface area (Å²) in [5.74, 6) is 0. The van der Waals surface area contributed by atoms with E-state index in [9.17, 15) is 0 Å². The van der Waals surface area contributed by atoms with E-state index in [2.05, 4.69) is 15.4 Å². The van der Waals surface area contributed by atoms with Gasteiger partial charge in [-0.3, -0.25) is 0 Å². The van der Waals surface area contributed by atoms with Crippen LogP contribution in [0.2, 0.25) is 0 Å². The van der Waals surface area contributed by atoms with Gasteiger partial charge in [0.15, 0.2) is 5.69 Å². The second-order valence-electron chi connectivity index (χ2n) is 3.22. The van der Waals surface area contributed by atoms with Crippen molar-refractivity contribution in [2.75, 3.05) is 0 Å². The monoisotopic (exact) mass is 214 g/mol. The highest BCUT2D eigenvalue weighted by Crippen LogP contribution is 2.05. The number of nitrogens with one attached hydrogen (secondary N) is 1. The van der Waals surface area contributed by atoms with Crippen LogP contribution in [-0.2, 0) is 18.0 Å². The summed E-state index contributed by atoms with van der Waals surface area (Å²) < 4.78 is 5.43. The first-order chi connectivity index (χ1) is 7.90. The molecule has 0 bridgehead atoms. The lowest BCUT2D eigenvalue weighted by Crippen LogP contribution is -1.96. The Morgan fingerprint density at radius 2 is 2.06 bits per heavy atom. The van der Waals surface area contributed by atoms with Crippen LogP contribution in [0.5, 0.6) is 0 Å². The van der Waals surface area contributed by atoms with E-state index in [1.807, 2.05) is 36.4 Å². The van der Waals surface area contributed by atoms with Crippen molar-refractivity contribution >= 4 is 0 Å². The standard InChI is InChI=1S/C11H10N4O/c12-6-10-11(14-15-13-10)8-16-7-9-4-2-1-3-5-9/h1-5H,7-8H2,(H,13,14,15). The number of aromatic nitrogens is 3. The van der Waals surface area contributed by atoms with Gasteiger partial charge in [-0.1, -0.05) is 35.5 Å². The smallest absolute Gasteiger partial charge is 0.161 e. The van der Waals surface area contributed by atoms with E-state index in [4.69, 9.17) is 10.00 Å². The van der Waals surface area contributed by atoms with Gasteiger partial charge in [0.05, 0.1) is 13.2 Å². The minimum atomic E-state index is 0.286. The molecule has 5 nitrogen and oxygen atoms in total. The largest absolute Gasteiger partial charge is 0.370 e. The molecule has 0 aliphatic rings. The van der Waals surface area contributed by atoms with Gasteiger partial charge in [-0.25, -0.2) is 5.10 Å². The molecule has 0 saturated heterocycles. The molecular formula is C11H10N4O. The van der Waals surface area contributed by atoms with E-state index in [0.717, 1.165) is 5.56 Å². The van der Waals surface area contributed by atoms with Gasteiger partial charge in [0.25, 0.3) is 0 Å². The number of rotatable bonds is 4. The van der Waals surface area contributed by atoms with Crippen molar-refractivity contribution in [3.8, 4) is 6.07 Å². The Morgan fingerprint density at radius 3 is 2.81 bits per heavy atom. The molecule has 0 aliphatic heterocycles. The van der Waals surface area contributed by atoms with E-state index >= 15 is 0 Å². The summed E-state index contributed by atoms with van der Waals surface area (Å²) in [7, 11) is 0. The zero-order valence-corrected chi connectivity index (χ0v) is 8.55. The minimum absolute atomic E-state index is 0.286. The maximum absolute atomic E-state index is 8.71. The van der Waals surface area contributed by atoms with Crippen molar-refractivity contribution in [3.05, 3.63) is 47.3 Å². The van der Waals surface area contributed by atoms with Gasteiger partial charge < -0.3 is 4.74 Å². The Balaban J connectivity index is 1.88. The third-order valence-electron chi connectivity index (χ3n) is 2.08. The molecule has 16 heavy (non-hydrogen) atoms. The van der Waals surface area contributed by atoms with E-state index < -0.39 is 0 Å². The van der Waals surface area contributed by atoms with Crippen LogP contribution in [0.25, 0.3) is 0 Å². The van der Waals surface area contributed by atoms with E-state index in [1.54, 1.807) is 0 Å². The van der Waals surface area contributed by atoms with Crippen LogP contribution < -0.4 is 0 Å². The topological polar surface area (TPSA) is 74.6 Å². The molecular weight excluding hydrogens is 204 g/mol. The van der Waals surface area contributed by atoms with Crippen molar-refractivity contribution in [2.45, 2.75) is 13.2 Å². The maximum Gasteiger partial charge on any atom is 0.161 e. The van der Waals surface area contributed by atoms with Crippen molar-refractivity contribution in [2.24, 2.45) is 0 Å². The summed E-state index contributed by atoms with van der Waals surface area (Å²) in [6.45, 7) is 0.785. The number of nitriles is 1. The van der Waals surface area contributed by atoms with Crippen LogP contribution in [0.3, 0.4) is 0 Å². The lowest BCUT2D eigenvalue weighted by atomic mass is 10.2. The summed E-state index contributed by atoms with van der Waals surface area (Å²) >= 11 is 0. The van der Waals surface area contributed by atoms with Gasteiger partial charge in [-0.15, -0.1) is 5.10 Å². The molecule has 0 radical (unpaired) electrons. The average Bonchev–Trinajstić information content (AvgIpc) is 2.78. The maximum atomic E-state index is 8.71. The van der Waals surface area contributed by atoms with Gasteiger partial charge in [0.2, 0.25) is 0 Å². The molecule has 0 amide bonds. The molecule has 1 N–H and O–H groups in total. The normalized spacial score (nSPS) is 9.94. The lowest BCUT2D eigenvalue weighted by Gasteiger charge is -2.01. The Bertz CT molecular complexity index is 486. The molecule has 0 saturated carbocycles. The van der Waals surface area contributed by atoms with Crippen LogP contribution in [0.15, 0.2) is 30.3 Å². The van der Waals surface area contributed by atoms with Crippen LogP contribution in [0.4, 0.5) is 0 Å². The fourth-order valence-corrected chi connectivity index (χ4v) is 1.28. The predicted octanol–water partition coefficient (Wildman–Crippen LogP) is 1.39. The Kier molecular flexibility index (Phi) is 3.26. The summed E-state index contributed by atoms with van der Waals surface area (Å²) in [6.07, 6.45) is 0. The van der Waals surface area contributed by atoms with Gasteiger partial charge >= 0.3 is 0 Å². The highest BCUT2D eigenvalue weighted by Gasteiger charge is 2.05. The molecule has 1 aromatic carbocycles.